The molecular weight excluding hydrogens is 286 g/mol. The number of amides is 1. The summed E-state index contributed by atoms with van der Waals surface area (Å²) in [5, 5.41) is 13.0. The van der Waals surface area contributed by atoms with Crippen LogP contribution in [-0.4, -0.2) is 23.7 Å². The van der Waals surface area contributed by atoms with Crippen molar-refractivity contribution in [1.29, 1.82) is 0 Å². The number of rotatable bonds is 6. The molecule has 0 radical (unpaired) electrons. The van der Waals surface area contributed by atoms with E-state index >= 15 is 0 Å². The number of hydrogen-bond donors (Lipinski definition) is 2. The summed E-state index contributed by atoms with van der Waals surface area (Å²) in [4.78, 5) is 11.9. The number of aryl methyl sites for hydroxylation is 1. The number of hydrogen-bond acceptors (Lipinski definition) is 2. The molecule has 1 aliphatic carbocycles. The molecule has 3 nitrogen and oxygen atoms in total. The van der Waals surface area contributed by atoms with Gasteiger partial charge in [-0.3, -0.25) is 4.79 Å². The summed E-state index contributed by atoms with van der Waals surface area (Å²) >= 11 is 5.85. The van der Waals surface area contributed by atoms with Crippen LogP contribution in [0.15, 0.2) is 24.3 Å². The fourth-order valence-electron chi connectivity index (χ4n) is 2.89. The van der Waals surface area contributed by atoms with Crippen molar-refractivity contribution in [3.05, 3.63) is 34.9 Å². The Hall–Kier alpha value is -1.06. The normalized spacial score (nSPS) is 22.0. The Balaban J connectivity index is 1.62. The number of benzene rings is 1. The zero-order chi connectivity index (χ0) is 15.1. The lowest BCUT2D eigenvalue weighted by Gasteiger charge is -2.27. The lowest BCUT2D eigenvalue weighted by molar-refractivity contribution is -0.122. The molecule has 0 heterocycles. The highest BCUT2D eigenvalue weighted by molar-refractivity contribution is 6.30. The van der Waals surface area contributed by atoms with Crippen LogP contribution in [0.5, 0.6) is 0 Å². The van der Waals surface area contributed by atoms with E-state index in [2.05, 4.69) is 5.32 Å². The molecule has 21 heavy (non-hydrogen) atoms. The highest BCUT2D eigenvalue weighted by Crippen LogP contribution is 2.23. The number of aliphatic hydroxyl groups is 1. The minimum atomic E-state index is 0.149. The van der Waals surface area contributed by atoms with Gasteiger partial charge in [0, 0.05) is 24.1 Å². The predicted octanol–water partition coefficient (Wildman–Crippen LogP) is 3.33. The van der Waals surface area contributed by atoms with Gasteiger partial charge in [0.1, 0.15) is 0 Å². The van der Waals surface area contributed by atoms with Crippen molar-refractivity contribution in [1.82, 2.24) is 5.32 Å². The molecule has 2 N–H and O–H groups in total. The maximum Gasteiger partial charge on any atom is 0.220 e. The maximum atomic E-state index is 11.9. The molecule has 1 amide bonds. The molecule has 0 bridgehead atoms. The van der Waals surface area contributed by atoms with Crippen molar-refractivity contribution in [3.8, 4) is 0 Å². The molecule has 0 spiro atoms. The van der Waals surface area contributed by atoms with Crippen LogP contribution in [-0.2, 0) is 11.2 Å². The molecule has 0 unspecified atom stereocenters. The molecule has 0 aromatic heterocycles. The van der Waals surface area contributed by atoms with Crippen LogP contribution in [0.1, 0.15) is 44.1 Å². The topological polar surface area (TPSA) is 49.3 Å². The molecule has 1 aliphatic rings. The van der Waals surface area contributed by atoms with E-state index in [4.69, 9.17) is 16.7 Å². The van der Waals surface area contributed by atoms with Gasteiger partial charge in [0.25, 0.3) is 0 Å². The lowest BCUT2D eigenvalue weighted by atomic mass is 9.86. The third-order valence-electron chi connectivity index (χ3n) is 4.25. The Morgan fingerprint density at radius 2 is 1.86 bits per heavy atom. The average molecular weight is 310 g/mol. The van der Waals surface area contributed by atoms with E-state index in [1.165, 1.54) is 5.56 Å². The van der Waals surface area contributed by atoms with Crippen molar-refractivity contribution in [2.45, 2.75) is 51.0 Å². The van der Waals surface area contributed by atoms with E-state index in [1.807, 2.05) is 24.3 Å². The quantitative estimate of drug-likeness (QED) is 0.847. The Morgan fingerprint density at radius 1 is 1.19 bits per heavy atom. The molecule has 2 rings (SSSR count). The standard InChI is InChI=1S/C17H24ClNO2/c18-15-8-4-13(5-9-15)2-1-3-17(21)19-16-10-6-14(12-20)7-11-16/h4-5,8-9,14,16,20H,1-3,6-7,10-12H2,(H,19,21). The van der Waals surface area contributed by atoms with Gasteiger partial charge in [-0.2, -0.15) is 0 Å². The number of carbonyl (C=O) groups excluding carboxylic acids is 1. The summed E-state index contributed by atoms with van der Waals surface area (Å²) in [5.41, 5.74) is 1.22. The van der Waals surface area contributed by atoms with Crippen LogP contribution in [0.4, 0.5) is 0 Å². The van der Waals surface area contributed by atoms with Gasteiger partial charge >= 0.3 is 0 Å². The van der Waals surface area contributed by atoms with Gasteiger partial charge in [-0.15, -0.1) is 0 Å². The van der Waals surface area contributed by atoms with E-state index in [9.17, 15) is 4.79 Å². The summed E-state index contributed by atoms with van der Waals surface area (Å²) in [6, 6.07) is 8.09. The van der Waals surface area contributed by atoms with Gasteiger partial charge in [-0.25, -0.2) is 0 Å². The van der Waals surface area contributed by atoms with Gasteiger partial charge < -0.3 is 10.4 Å². The zero-order valence-electron chi connectivity index (χ0n) is 12.4. The minimum Gasteiger partial charge on any atom is -0.396 e. The van der Waals surface area contributed by atoms with Crippen LogP contribution in [0, 0.1) is 5.92 Å². The highest BCUT2D eigenvalue weighted by Gasteiger charge is 2.21. The van der Waals surface area contributed by atoms with Gasteiger partial charge in [-0.1, -0.05) is 23.7 Å². The first-order valence-corrected chi connectivity index (χ1v) is 8.20. The molecule has 116 valence electrons. The third-order valence-corrected chi connectivity index (χ3v) is 4.50. The van der Waals surface area contributed by atoms with Crippen LogP contribution >= 0.6 is 11.6 Å². The minimum absolute atomic E-state index is 0.149. The Morgan fingerprint density at radius 3 is 2.48 bits per heavy atom. The fraction of sp³-hybridized carbons (Fsp3) is 0.588. The second-order valence-corrected chi connectivity index (χ2v) is 6.38. The molecule has 0 aliphatic heterocycles. The summed E-state index contributed by atoms with van der Waals surface area (Å²) in [5.74, 6) is 0.583. The molecule has 4 heteroatoms. The Bertz CT molecular complexity index is 439. The zero-order valence-corrected chi connectivity index (χ0v) is 13.1. The lowest BCUT2D eigenvalue weighted by Crippen LogP contribution is -2.38. The van der Waals surface area contributed by atoms with E-state index in [-0.39, 0.29) is 12.5 Å². The first-order valence-electron chi connectivity index (χ1n) is 7.82. The monoisotopic (exact) mass is 309 g/mol. The van der Waals surface area contributed by atoms with E-state index in [0.29, 0.717) is 18.4 Å². The number of halogens is 1. The van der Waals surface area contributed by atoms with Crippen LogP contribution in [0.3, 0.4) is 0 Å². The largest absolute Gasteiger partial charge is 0.396 e. The Kier molecular flexibility index (Phi) is 6.52. The molecule has 0 atom stereocenters. The second kappa shape index (κ2) is 8.40. The van der Waals surface area contributed by atoms with Gasteiger partial charge in [0.15, 0.2) is 0 Å². The van der Waals surface area contributed by atoms with Crippen LogP contribution in [0.2, 0.25) is 5.02 Å². The average Bonchev–Trinajstić information content (AvgIpc) is 2.50. The molecule has 1 aromatic carbocycles. The predicted molar refractivity (Wildman–Crippen MR) is 85.4 cm³/mol. The summed E-state index contributed by atoms with van der Waals surface area (Å²) in [6.45, 7) is 0.280. The summed E-state index contributed by atoms with van der Waals surface area (Å²) < 4.78 is 0. The van der Waals surface area contributed by atoms with Crippen molar-refractivity contribution < 1.29 is 9.90 Å². The van der Waals surface area contributed by atoms with Crippen LogP contribution < -0.4 is 5.32 Å². The van der Waals surface area contributed by atoms with E-state index in [1.54, 1.807) is 0 Å². The maximum absolute atomic E-state index is 11.9. The summed E-state index contributed by atoms with van der Waals surface area (Å²) in [6.07, 6.45) is 6.37. The highest BCUT2D eigenvalue weighted by atomic mass is 35.5. The van der Waals surface area contributed by atoms with Crippen molar-refractivity contribution in [2.24, 2.45) is 5.92 Å². The summed E-state index contributed by atoms with van der Waals surface area (Å²) in [7, 11) is 0. The van der Waals surface area contributed by atoms with Crippen molar-refractivity contribution >= 4 is 17.5 Å². The smallest absolute Gasteiger partial charge is 0.220 e. The van der Waals surface area contributed by atoms with Gasteiger partial charge in [-0.05, 0) is 62.1 Å². The van der Waals surface area contributed by atoms with E-state index in [0.717, 1.165) is 43.5 Å². The molecular formula is C17H24ClNO2. The molecule has 1 aromatic rings. The van der Waals surface area contributed by atoms with E-state index < -0.39 is 0 Å². The van der Waals surface area contributed by atoms with Gasteiger partial charge in [0.05, 0.1) is 0 Å². The SMILES string of the molecule is O=C(CCCc1ccc(Cl)cc1)NC1CCC(CO)CC1. The first kappa shape index (κ1) is 16.3. The Labute approximate surface area is 131 Å². The number of aliphatic hydroxyl groups excluding tert-OH is 1. The molecule has 1 saturated carbocycles. The second-order valence-electron chi connectivity index (χ2n) is 5.95. The van der Waals surface area contributed by atoms with Crippen molar-refractivity contribution in [2.75, 3.05) is 6.61 Å². The fourth-order valence-corrected chi connectivity index (χ4v) is 3.02. The third kappa shape index (κ3) is 5.68. The van der Waals surface area contributed by atoms with Crippen LogP contribution in [0.25, 0.3) is 0 Å². The van der Waals surface area contributed by atoms with Gasteiger partial charge in [0.2, 0.25) is 5.91 Å². The molecule has 0 saturated heterocycles. The molecule has 1 fully saturated rings. The number of nitrogens with one attached hydrogen (secondary N) is 1. The first-order chi connectivity index (χ1) is 10.2. The van der Waals surface area contributed by atoms with Crippen molar-refractivity contribution in [3.63, 3.8) is 0 Å². The number of carbonyl (C=O) groups is 1.